The van der Waals surface area contributed by atoms with Gasteiger partial charge in [-0.25, -0.2) is 0 Å². The van der Waals surface area contributed by atoms with Gasteiger partial charge in [0.05, 0.1) is 13.2 Å². The third-order valence-corrected chi connectivity index (χ3v) is 13.3. The molecule has 0 N–H and O–H groups in total. The highest BCUT2D eigenvalue weighted by atomic mass is 28.4. The Morgan fingerprint density at radius 1 is 0.848 bits per heavy atom. The van der Waals surface area contributed by atoms with Gasteiger partial charge in [0, 0.05) is 19.4 Å². The van der Waals surface area contributed by atoms with Crippen molar-refractivity contribution in [3.63, 3.8) is 0 Å². The summed E-state index contributed by atoms with van der Waals surface area (Å²) in [5, 5.41) is 2.82. The summed E-state index contributed by atoms with van der Waals surface area (Å²) in [6.07, 6.45) is 7.33. The number of hydrogen-bond acceptors (Lipinski definition) is 3. The van der Waals surface area contributed by atoms with Gasteiger partial charge in [-0.05, 0) is 58.8 Å². The van der Waals surface area contributed by atoms with Gasteiger partial charge < -0.3 is 13.9 Å². The zero-order valence-electron chi connectivity index (χ0n) is 20.6. The predicted octanol–water partition coefficient (Wildman–Crippen LogP) is 5.52. The number of benzene rings is 2. The van der Waals surface area contributed by atoms with Crippen molar-refractivity contribution in [2.75, 3.05) is 19.8 Å². The van der Waals surface area contributed by atoms with E-state index in [0.29, 0.717) is 5.92 Å². The average molecular weight is 465 g/mol. The Bertz CT molecular complexity index is 852. The highest BCUT2D eigenvalue weighted by molar-refractivity contribution is 6.99. The van der Waals surface area contributed by atoms with E-state index < -0.39 is 8.32 Å². The highest BCUT2D eigenvalue weighted by Crippen LogP contribution is 2.49. The lowest BCUT2D eigenvalue weighted by atomic mass is 9.82. The van der Waals surface area contributed by atoms with Crippen molar-refractivity contribution in [3.05, 3.63) is 60.7 Å². The van der Waals surface area contributed by atoms with Crippen molar-refractivity contribution in [1.82, 2.24) is 0 Å². The van der Waals surface area contributed by atoms with E-state index in [1.54, 1.807) is 0 Å². The lowest BCUT2D eigenvalue weighted by molar-refractivity contribution is -0.182. The zero-order chi connectivity index (χ0) is 22.9. The summed E-state index contributed by atoms with van der Waals surface area (Å²) in [6, 6.07) is 22.1. The van der Waals surface area contributed by atoms with E-state index in [9.17, 15) is 0 Å². The normalized spacial score (nSPS) is 25.4. The first kappa shape index (κ1) is 23.3. The van der Waals surface area contributed by atoms with Gasteiger partial charge in [-0.15, -0.1) is 0 Å². The molecule has 0 amide bonds. The molecule has 1 spiro atoms. The van der Waals surface area contributed by atoms with Gasteiger partial charge in [-0.2, -0.15) is 0 Å². The summed E-state index contributed by atoms with van der Waals surface area (Å²) in [5.41, 5.74) is 0. The van der Waals surface area contributed by atoms with Crippen LogP contribution in [0.4, 0.5) is 0 Å². The molecule has 3 fully saturated rings. The van der Waals surface area contributed by atoms with Crippen LogP contribution in [0.1, 0.15) is 59.3 Å². The molecule has 0 unspecified atom stereocenters. The van der Waals surface area contributed by atoms with Crippen molar-refractivity contribution in [3.8, 4) is 0 Å². The summed E-state index contributed by atoms with van der Waals surface area (Å²) < 4.78 is 19.0. The molecular weight excluding hydrogens is 424 g/mol. The van der Waals surface area contributed by atoms with Crippen LogP contribution in [0.25, 0.3) is 0 Å². The molecule has 4 heteroatoms. The Labute approximate surface area is 201 Å². The summed E-state index contributed by atoms with van der Waals surface area (Å²) in [7, 11) is -2.41. The molecule has 1 aliphatic heterocycles. The first-order valence-corrected chi connectivity index (χ1v) is 14.9. The lowest BCUT2D eigenvalue weighted by Crippen LogP contribution is -2.66. The molecule has 1 saturated heterocycles. The Morgan fingerprint density at radius 3 is 1.91 bits per heavy atom. The second kappa shape index (κ2) is 9.29. The monoisotopic (exact) mass is 464 g/mol. The van der Waals surface area contributed by atoms with Crippen LogP contribution in [-0.4, -0.2) is 33.9 Å². The predicted molar refractivity (Wildman–Crippen MR) is 136 cm³/mol. The molecule has 2 saturated carbocycles. The number of hydrogen-bond donors (Lipinski definition) is 0. The molecule has 2 atom stereocenters. The quantitative estimate of drug-likeness (QED) is 0.505. The fourth-order valence-corrected chi connectivity index (χ4v) is 11.0. The maximum atomic E-state index is 7.18. The van der Waals surface area contributed by atoms with Crippen molar-refractivity contribution in [2.24, 2.45) is 17.8 Å². The summed E-state index contributed by atoms with van der Waals surface area (Å²) in [5.74, 6) is 2.13. The Hall–Kier alpha value is -1.46. The van der Waals surface area contributed by atoms with Crippen LogP contribution in [0, 0.1) is 17.8 Å². The standard InChI is InChI=1S/C29H40O3Si/c1-28(2,3)33(26-10-6-4-7-11-26,27-12-8-5-9-13-27)32-22-25-21-24(25)20-23-14-16-29(17-15-23)30-18-19-31-29/h4-13,23-25H,14-22H2,1-3H3/t24-,25+/m0/s1. The van der Waals surface area contributed by atoms with E-state index in [0.717, 1.165) is 44.5 Å². The van der Waals surface area contributed by atoms with Crippen LogP contribution >= 0.6 is 0 Å². The Morgan fingerprint density at radius 2 is 1.39 bits per heavy atom. The maximum Gasteiger partial charge on any atom is 0.261 e. The summed E-state index contributed by atoms with van der Waals surface area (Å²) in [4.78, 5) is 0. The molecule has 2 aliphatic carbocycles. The Balaban J connectivity index is 1.25. The molecule has 2 aromatic rings. The molecule has 3 aliphatic rings. The van der Waals surface area contributed by atoms with Gasteiger partial charge >= 0.3 is 0 Å². The Kier molecular flexibility index (Phi) is 6.56. The van der Waals surface area contributed by atoms with E-state index in [1.807, 2.05) is 0 Å². The van der Waals surface area contributed by atoms with E-state index in [1.165, 1.54) is 36.1 Å². The van der Waals surface area contributed by atoms with Gasteiger partial charge in [0.1, 0.15) is 0 Å². The smallest absolute Gasteiger partial charge is 0.261 e. The third-order valence-electron chi connectivity index (χ3n) is 8.32. The largest absolute Gasteiger partial charge is 0.407 e. The van der Waals surface area contributed by atoms with Crippen molar-refractivity contribution >= 4 is 18.7 Å². The molecule has 1 heterocycles. The van der Waals surface area contributed by atoms with Crippen LogP contribution in [0.15, 0.2) is 60.7 Å². The van der Waals surface area contributed by atoms with Crippen molar-refractivity contribution in [2.45, 2.75) is 70.1 Å². The van der Waals surface area contributed by atoms with E-state index in [2.05, 4.69) is 81.4 Å². The molecule has 0 aromatic heterocycles. The molecule has 2 aromatic carbocycles. The SMILES string of the molecule is CC(C)(C)[Si](OC[C@H]1C[C@@H]1CC1CCC2(CC1)OCCO2)(c1ccccc1)c1ccccc1. The van der Waals surface area contributed by atoms with Crippen LogP contribution in [0.5, 0.6) is 0 Å². The number of ether oxygens (including phenoxy) is 2. The average Bonchev–Trinajstić information content (AvgIpc) is 3.40. The van der Waals surface area contributed by atoms with Gasteiger partial charge in [0.25, 0.3) is 8.32 Å². The molecule has 178 valence electrons. The molecule has 5 rings (SSSR count). The third kappa shape index (κ3) is 4.73. The van der Waals surface area contributed by atoms with Gasteiger partial charge in [0.15, 0.2) is 5.79 Å². The van der Waals surface area contributed by atoms with E-state index in [4.69, 9.17) is 13.9 Å². The first-order chi connectivity index (χ1) is 15.9. The summed E-state index contributed by atoms with van der Waals surface area (Å²) in [6.45, 7) is 9.54. The van der Waals surface area contributed by atoms with Crippen LogP contribution in [0.2, 0.25) is 5.04 Å². The molecule has 0 radical (unpaired) electrons. The lowest BCUT2D eigenvalue weighted by Gasteiger charge is -2.43. The van der Waals surface area contributed by atoms with Crippen molar-refractivity contribution in [1.29, 1.82) is 0 Å². The minimum atomic E-state index is -2.41. The first-order valence-electron chi connectivity index (χ1n) is 12.9. The van der Waals surface area contributed by atoms with Crippen molar-refractivity contribution < 1.29 is 13.9 Å². The van der Waals surface area contributed by atoms with Gasteiger partial charge in [-0.1, -0.05) is 81.4 Å². The molecular formula is C29H40O3Si. The molecule has 33 heavy (non-hydrogen) atoms. The van der Waals surface area contributed by atoms with E-state index in [-0.39, 0.29) is 10.8 Å². The number of rotatable bonds is 7. The minimum Gasteiger partial charge on any atom is -0.407 e. The van der Waals surface area contributed by atoms with E-state index >= 15 is 0 Å². The second-order valence-corrected chi connectivity index (χ2v) is 15.8. The van der Waals surface area contributed by atoms with Crippen LogP contribution < -0.4 is 10.4 Å². The van der Waals surface area contributed by atoms with Gasteiger partial charge in [0.2, 0.25) is 0 Å². The molecule has 0 bridgehead atoms. The summed E-state index contributed by atoms with van der Waals surface area (Å²) >= 11 is 0. The van der Waals surface area contributed by atoms with Crippen LogP contribution in [-0.2, 0) is 13.9 Å². The fraction of sp³-hybridized carbons (Fsp3) is 0.586. The minimum absolute atomic E-state index is 0.0546. The second-order valence-electron chi connectivity index (χ2n) is 11.5. The maximum absolute atomic E-state index is 7.18. The highest BCUT2D eigenvalue weighted by Gasteiger charge is 2.52. The van der Waals surface area contributed by atoms with Crippen LogP contribution in [0.3, 0.4) is 0 Å². The van der Waals surface area contributed by atoms with Gasteiger partial charge in [-0.3, -0.25) is 0 Å². The topological polar surface area (TPSA) is 27.7 Å². The fourth-order valence-electron chi connectivity index (χ4n) is 6.36. The zero-order valence-corrected chi connectivity index (χ0v) is 21.6. The molecule has 3 nitrogen and oxygen atoms in total.